The van der Waals surface area contributed by atoms with Crippen molar-refractivity contribution in [2.45, 2.75) is 0 Å². The van der Waals surface area contributed by atoms with Crippen LogP contribution in [0.4, 0.5) is 11.5 Å². The zero-order chi connectivity index (χ0) is 18.5. The Kier molecular flexibility index (Phi) is 5.49. The largest absolute Gasteiger partial charge is 0.493 e. The molecule has 3 rings (SSSR count). The first kappa shape index (κ1) is 17.9. The van der Waals surface area contributed by atoms with Crippen LogP contribution in [0.1, 0.15) is 0 Å². The van der Waals surface area contributed by atoms with E-state index in [1.807, 2.05) is 48.5 Å². The van der Waals surface area contributed by atoms with Gasteiger partial charge in [-0.25, -0.2) is 4.98 Å². The average molecular weight is 371 g/mol. The van der Waals surface area contributed by atoms with Gasteiger partial charge in [0.1, 0.15) is 5.82 Å². The van der Waals surface area contributed by atoms with Crippen molar-refractivity contribution in [3.63, 3.8) is 0 Å². The van der Waals surface area contributed by atoms with Gasteiger partial charge in [-0.1, -0.05) is 17.7 Å². The topological polar surface area (TPSA) is 52.6 Å². The molecule has 0 aliphatic rings. The number of benzene rings is 2. The molecule has 0 aliphatic carbocycles. The molecule has 0 bridgehead atoms. The summed E-state index contributed by atoms with van der Waals surface area (Å²) in [5.41, 5.74) is 2.76. The lowest BCUT2D eigenvalue weighted by Crippen LogP contribution is -1.96. The van der Waals surface area contributed by atoms with E-state index in [2.05, 4.69) is 10.3 Å². The number of rotatable bonds is 6. The molecule has 0 radical (unpaired) electrons. The van der Waals surface area contributed by atoms with Gasteiger partial charge >= 0.3 is 0 Å². The van der Waals surface area contributed by atoms with E-state index in [9.17, 15) is 0 Å². The highest BCUT2D eigenvalue weighted by atomic mass is 35.5. The van der Waals surface area contributed by atoms with E-state index >= 15 is 0 Å². The van der Waals surface area contributed by atoms with E-state index in [0.717, 1.165) is 16.8 Å². The number of pyridine rings is 1. The van der Waals surface area contributed by atoms with Crippen LogP contribution in [0, 0.1) is 0 Å². The second-order valence-corrected chi connectivity index (χ2v) is 5.92. The van der Waals surface area contributed by atoms with Gasteiger partial charge in [-0.15, -0.1) is 0 Å². The number of nitrogens with zero attached hydrogens (tertiary/aromatic N) is 1. The highest BCUT2D eigenvalue weighted by Gasteiger charge is 2.14. The highest BCUT2D eigenvalue weighted by Crippen LogP contribution is 2.41. The molecule has 2 aromatic carbocycles. The van der Waals surface area contributed by atoms with Crippen LogP contribution in [0.5, 0.6) is 17.2 Å². The van der Waals surface area contributed by atoms with Crippen LogP contribution in [0.2, 0.25) is 5.02 Å². The molecule has 1 N–H and O–H groups in total. The van der Waals surface area contributed by atoms with E-state index < -0.39 is 0 Å². The Labute approximate surface area is 157 Å². The summed E-state index contributed by atoms with van der Waals surface area (Å²) in [5.74, 6) is 2.47. The molecular formula is C20H19ClN2O3. The Bertz CT molecular complexity index is 890. The maximum Gasteiger partial charge on any atom is 0.203 e. The van der Waals surface area contributed by atoms with E-state index in [1.54, 1.807) is 27.5 Å². The van der Waals surface area contributed by atoms with Crippen molar-refractivity contribution < 1.29 is 14.2 Å². The summed E-state index contributed by atoms with van der Waals surface area (Å²) in [6.45, 7) is 0. The first-order valence-electron chi connectivity index (χ1n) is 7.93. The zero-order valence-corrected chi connectivity index (χ0v) is 15.5. The SMILES string of the molecule is COc1cc(-c2ccnc(Nc3cccc(Cl)c3)c2)cc(OC)c1OC. The molecule has 6 heteroatoms. The molecule has 1 heterocycles. The zero-order valence-electron chi connectivity index (χ0n) is 14.7. The van der Waals surface area contributed by atoms with Crippen LogP contribution in [-0.2, 0) is 0 Å². The van der Waals surface area contributed by atoms with Crippen LogP contribution in [0.15, 0.2) is 54.7 Å². The van der Waals surface area contributed by atoms with Crippen molar-refractivity contribution in [1.82, 2.24) is 4.98 Å². The van der Waals surface area contributed by atoms with Gasteiger partial charge in [-0.2, -0.15) is 0 Å². The third-order valence-corrected chi connectivity index (χ3v) is 4.09. The summed E-state index contributed by atoms with van der Waals surface area (Å²) in [5, 5.41) is 3.91. The first-order valence-corrected chi connectivity index (χ1v) is 8.31. The minimum absolute atomic E-state index is 0.560. The number of aromatic nitrogens is 1. The van der Waals surface area contributed by atoms with E-state index in [-0.39, 0.29) is 0 Å². The normalized spacial score (nSPS) is 10.3. The number of hydrogen-bond acceptors (Lipinski definition) is 5. The van der Waals surface area contributed by atoms with Crippen LogP contribution in [-0.4, -0.2) is 26.3 Å². The molecule has 0 aliphatic heterocycles. The number of ether oxygens (including phenoxy) is 3. The smallest absolute Gasteiger partial charge is 0.203 e. The second-order valence-electron chi connectivity index (χ2n) is 5.48. The number of halogens is 1. The number of nitrogens with one attached hydrogen (secondary N) is 1. The van der Waals surface area contributed by atoms with E-state index in [0.29, 0.717) is 28.1 Å². The minimum Gasteiger partial charge on any atom is -0.493 e. The van der Waals surface area contributed by atoms with Crippen molar-refractivity contribution in [2.75, 3.05) is 26.6 Å². The lowest BCUT2D eigenvalue weighted by Gasteiger charge is -2.14. The predicted octanol–water partition coefficient (Wildman–Crippen LogP) is 5.17. The monoisotopic (exact) mass is 370 g/mol. The van der Waals surface area contributed by atoms with Gasteiger partial charge < -0.3 is 19.5 Å². The number of hydrogen-bond donors (Lipinski definition) is 1. The molecule has 0 unspecified atom stereocenters. The first-order chi connectivity index (χ1) is 12.6. The molecule has 0 amide bonds. The molecule has 3 aromatic rings. The van der Waals surface area contributed by atoms with Gasteiger partial charge in [0, 0.05) is 16.9 Å². The molecule has 0 spiro atoms. The number of anilines is 2. The quantitative estimate of drug-likeness (QED) is 0.648. The van der Waals surface area contributed by atoms with Gasteiger partial charge in [0.05, 0.1) is 21.3 Å². The van der Waals surface area contributed by atoms with Gasteiger partial charge in [0.25, 0.3) is 0 Å². The van der Waals surface area contributed by atoms with Crippen LogP contribution in [0.25, 0.3) is 11.1 Å². The lowest BCUT2D eigenvalue weighted by atomic mass is 10.1. The molecule has 0 fully saturated rings. The van der Waals surface area contributed by atoms with Crippen molar-refractivity contribution >= 4 is 23.1 Å². The fourth-order valence-corrected chi connectivity index (χ4v) is 2.83. The molecule has 5 nitrogen and oxygen atoms in total. The Morgan fingerprint density at radius 2 is 1.58 bits per heavy atom. The molecule has 0 saturated heterocycles. The van der Waals surface area contributed by atoms with Crippen molar-refractivity contribution in [3.05, 3.63) is 59.8 Å². The maximum absolute atomic E-state index is 6.03. The Morgan fingerprint density at radius 3 is 2.19 bits per heavy atom. The summed E-state index contributed by atoms with van der Waals surface area (Å²) >= 11 is 6.03. The van der Waals surface area contributed by atoms with E-state index in [4.69, 9.17) is 25.8 Å². The molecular weight excluding hydrogens is 352 g/mol. The standard InChI is InChI=1S/C20H19ClN2O3/c1-24-17-9-14(10-18(25-2)20(17)26-3)13-7-8-22-19(11-13)23-16-6-4-5-15(21)12-16/h4-12H,1-3H3,(H,22,23). The summed E-state index contributed by atoms with van der Waals surface area (Å²) in [6, 6.07) is 15.2. The molecule has 134 valence electrons. The fraction of sp³-hybridized carbons (Fsp3) is 0.150. The van der Waals surface area contributed by atoms with Gasteiger partial charge in [0.15, 0.2) is 11.5 Å². The molecule has 26 heavy (non-hydrogen) atoms. The third-order valence-electron chi connectivity index (χ3n) is 3.86. The van der Waals surface area contributed by atoms with Crippen molar-refractivity contribution in [2.24, 2.45) is 0 Å². The van der Waals surface area contributed by atoms with E-state index in [1.165, 1.54) is 0 Å². The summed E-state index contributed by atoms with van der Waals surface area (Å²) in [7, 11) is 4.78. The lowest BCUT2D eigenvalue weighted by molar-refractivity contribution is 0.324. The number of methoxy groups -OCH3 is 3. The summed E-state index contributed by atoms with van der Waals surface area (Å²) in [6.07, 6.45) is 1.74. The predicted molar refractivity (Wildman–Crippen MR) is 104 cm³/mol. The van der Waals surface area contributed by atoms with Gasteiger partial charge in [-0.3, -0.25) is 0 Å². The summed E-state index contributed by atoms with van der Waals surface area (Å²) < 4.78 is 16.2. The Morgan fingerprint density at radius 1 is 0.846 bits per heavy atom. The third kappa shape index (κ3) is 3.83. The summed E-state index contributed by atoms with van der Waals surface area (Å²) in [4.78, 5) is 4.37. The fourth-order valence-electron chi connectivity index (χ4n) is 2.64. The molecule has 1 aromatic heterocycles. The Hall–Kier alpha value is -2.92. The molecule has 0 saturated carbocycles. The van der Waals surface area contributed by atoms with Crippen molar-refractivity contribution in [3.8, 4) is 28.4 Å². The van der Waals surface area contributed by atoms with Crippen molar-refractivity contribution in [1.29, 1.82) is 0 Å². The average Bonchev–Trinajstić information content (AvgIpc) is 2.67. The van der Waals surface area contributed by atoms with Crippen LogP contribution in [0.3, 0.4) is 0 Å². The van der Waals surface area contributed by atoms with Crippen LogP contribution < -0.4 is 19.5 Å². The van der Waals surface area contributed by atoms with Gasteiger partial charge in [-0.05, 0) is 53.6 Å². The van der Waals surface area contributed by atoms with Crippen LogP contribution >= 0.6 is 11.6 Å². The van der Waals surface area contributed by atoms with Gasteiger partial charge in [0.2, 0.25) is 5.75 Å². The second kappa shape index (κ2) is 7.97. The highest BCUT2D eigenvalue weighted by molar-refractivity contribution is 6.30. The Balaban J connectivity index is 1.97. The maximum atomic E-state index is 6.03. The minimum atomic E-state index is 0.560. The molecule has 0 atom stereocenters.